The monoisotopic (exact) mass is 268 g/mol. The highest BCUT2D eigenvalue weighted by Crippen LogP contribution is 2.08. The third-order valence-corrected chi connectivity index (χ3v) is 2.48. The Morgan fingerprint density at radius 3 is 2.16 bits per heavy atom. The van der Waals surface area contributed by atoms with E-state index < -0.39 is 5.97 Å². The van der Waals surface area contributed by atoms with Crippen molar-refractivity contribution in [3.05, 3.63) is 0 Å². The maximum atomic E-state index is 11.3. The van der Waals surface area contributed by atoms with Gasteiger partial charge in [-0.2, -0.15) is 5.26 Å². The summed E-state index contributed by atoms with van der Waals surface area (Å²) < 4.78 is 0. The number of amides is 1. The van der Waals surface area contributed by atoms with E-state index in [2.05, 4.69) is 10.3 Å². The number of nitriles is 1. The van der Waals surface area contributed by atoms with Gasteiger partial charge in [0.2, 0.25) is 18.1 Å². The molecule has 0 unspecified atom stereocenters. The molecule has 0 atom stereocenters. The molecule has 19 heavy (non-hydrogen) atoms. The molecule has 0 aliphatic carbocycles. The van der Waals surface area contributed by atoms with Crippen LogP contribution in [0, 0.1) is 11.5 Å². The van der Waals surface area contributed by atoms with E-state index in [9.17, 15) is 9.59 Å². The van der Waals surface area contributed by atoms with Gasteiger partial charge in [-0.3, -0.25) is 14.9 Å². The molecule has 7 nitrogen and oxygen atoms in total. The quantitative estimate of drug-likeness (QED) is 0.249. The minimum atomic E-state index is -0.756. The molecule has 0 heterocycles. The molecule has 0 aromatic carbocycles. The van der Waals surface area contributed by atoms with Crippen molar-refractivity contribution in [3.8, 4) is 6.19 Å². The Bertz CT molecular complexity index is 360. The van der Waals surface area contributed by atoms with Gasteiger partial charge in [-0.1, -0.05) is 25.7 Å². The van der Waals surface area contributed by atoms with Crippen molar-refractivity contribution in [1.29, 1.82) is 5.26 Å². The van der Waals surface area contributed by atoms with Gasteiger partial charge < -0.3 is 10.8 Å². The van der Waals surface area contributed by atoms with Crippen LogP contribution in [-0.2, 0) is 9.59 Å². The van der Waals surface area contributed by atoms with Gasteiger partial charge in [0, 0.05) is 12.8 Å². The Morgan fingerprint density at radius 1 is 1.11 bits per heavy atom. The largest absolute Gasteiger partial charge is 0.481 e. The first-order chi connectivity index (χ1) is 9.06. The van der Waals surface area contributed by atoms with Crippen LogP contribution in [0.4, 0.5) is 0 Å². The molecule has 1 amide bonds. The SMILES string of the molecule is N#CN=C(N)NC(=O)CCCCCCCCC(=O)O. The lowest BCUT2D eigenvalue weighted by Crippen LogP contribution is -2.36. The van der Waals surface area contributed by atoms with Gasteiger partial charge >= 0.3 is 5.97 Å². The van der Waals surface area contributed by atoms with E-state index in [4.69, 9.17) is 16.1 Å². The number of guanidine groups is 1. The Labute approximate surface area is 112 Å². The molecule has 0 fully saturated rings. The normalized spacial score (nSPS) is 10.8. The highest BCUT2D eigenvalue weighted by atomic mass is 16.4. The maximum Gasteiger partial charge on any atom is 0.303 e. The molecule has 0 aromatic rings. The fraction of sp³-hybridized carbons (Fsp3) is 0.667. The average Bonchev–Trinajstić information content (AvgIpc) is 2.32. The summed E-state index contributed by atoms with van der Waals surface area (Å²) >= 11 is 0. The zero-order valence-electron chi connectivity index (χ0n) is 10.9. The van der Waals surface area contributed by atoms with Crippen molar-refractivity contribution in [1.82, 2.24) is 5.32 Å². The van der Waals surface area contributed by atoms with Crippen molar-refractivity contribution in [3.63, 3.8) is 0 Å². The fourth-order valence-corrected chi connectivity index (χ4v) is 1.56. The first-order valence-corrected chi connectivity index (χ1v) is 6.30. The van der Waals surface area contributed by atoms with E-state index in [0.29, 0.717) is 12.8 Å². The predicted octanol–water partition coefficient (Wildman–Crippen LogP) is 1.10. The van der Waals surface area contributed by atoms with Gasteiger partial charge in [0.15, 0.2) is 0 Å². The lowest BCUT2D eigenvalue weighted by Gasteiger charge is -2.03. The number of carbonyl (C=O) groups is 2. The Hall–Kier alpha value is -2.10. The summed E-state index contributed by atoms with van der Waals surface area (Å²) in [5, 5.41) is 18.9. The first-order valence-electron chi connectivity index (χ1n) is 6.30. The topological polar surface area (TPSA) is 129 Å². The minimum absolute atomic E-state index is 0.179. The van der Waals surface area contributed by atoms with Crippen LogP contribution in [0.25, 0.3) is 0 Å². The molecule has 4 N–H and O–H groups in total. The van der Waals surface area contributed by atoms with E-state index in [1.165, 1.54) is 6.19 Å². The van der Waals surface area contributed by atoms with Crippen molar-refractivity contribution >= 4 is 17.8 Å². The van der Waals surface area contributed by atoms with Crippen LogP contribution in [0.3, 0.4) is 0 Å². The Balaban J connectivity index is 3.40. The summed E-state index contributed by atoms with van der Waals surface area (Å²) in [5.41, 5.74) is 5.24. The number of hydrogen-bond acceptors (Lipinski definition) is 4. The second-order valence-electron chi connectivity index (χ2n) is 4.16. The first kappa shape index (κ1) is 16.9. The van der Waals surface area contributed by atoms with Crippen LogP contribution in [0.1, 0.15) is 51.4 Å². The minimum Gasteiger partial charge on any atom is -0.481 e. The number of carbonyl (C=O) groups excluding carboxylic acids is 1. The second-order valence-corrected chi connectivity index (χ2v) is 4.16. The maximum absolute atomic E-state index is 11.3. The van der Waals surface area contributed by atoms with Gasteiger partial charge in [0.05, 0.1) is 0 Å². The van der Waals surface area contributed by atoms with Gasteiger partial charge in [-0.05, 0) is 12.8 Å². The molecule has 0 spiro atoms. The molecule has 0 rings (SSSR count). The van der Waals surface area contributed by atoms with Crippen LogP contribution in [0.5, 0.6) is 0 Å². The third kappa shape index (κ3) is 12.2. The van der Waals surface area contributed by atoms with Crippen molar-refractivity contribution in [2.45, 2.75) is 51.4 Å². The smallest absolute Gasteiger partial charge is 0.303 e. The lowest BCUT2D eigenvalue weighted by molar-refractivity contribution is -0.137. The Morgan fingerprint density at radius 2 is 1.63 bits per heavy atom. The van der Waals surface area contributed by atoms with Crippen LogP contribution < -0.4 is 11.1 Å². The number of rotatable bonds is 9. The second kappa shape index (κ2) is 11.0. The van der Waals surface area contributed by atoms with Crippen LogP contribution in [0.2, 0.25) is 0 Å². The molecule has 0 aliphatic heterocycles. The highest BCUT2D eigenvalue weighted by Gasteiger charge is 2.02. The summed E-state index contributed by atoms with van der Waals surface area (Å²) in [6.07, 6.45) is 7.27. The molecule has 106 valence electrons. The number of aliphatic carboxylic acids is 1. The number of nitrogens with two attached hydrogens (primary N) is 1. The summed E-state index contributed by atoms with van der Waals surface area (Å²) in [6.45, 7) is 0. The van der Waals surface area contributed by atoms with E-state index in [1.807, 2.05) is 0 Å². The molecule has 0 bridgehead atoms. The number of nitrogens with zero attached hydrogens (tertiary/aromatic N) is 2. The number of hydrogen-bond donors (Lipinski definition) is 3. The Kier molecular flexibility index (Phi) is 9.80. The standard InChI is InChI=1S/C12H20N4O3/c13-9-15-12(14)16-10(17)7-5-3-1-2-4-6-8-11(18)19/h1-8H2,(H,18,19)(H3,14,15,16,17). The lowest BCUT2D eigenvalue weighted by atomic mass is 10.1. The predicted molar refractivity (Wildman–Crippen MR) is 69.9 cm³/mol. The molecule has 0 saturated carbocycles. The molecule has 0 radical (unpaired) electrons. The fourth-order valence-electron chi connectivity index (χ4n) is 1.56. The zero-order valence-corrected chi connectivity index (χ0v) is 10.9. The highest BCUT2D eigenvalue weighted by molar-refractivity contribution is 5.96. The van der Waals surface area contributed by atoms with Crippen LogP contribution >= 0.6 is 0 Å². The summed E-state index contributed by atoms with van der Waals surface area (Å²) in [6, 6.07) is 0. The van der Waals surface area contributed by atoms with Crippen molar-refractivity contribution in [2.24, 2.45) is 10.7 Å². The van der Waals surface area contributed by atoms with Gasteiger partial charge in [0.25, 0.3) is 0 Å². The number of nitrogens with one attached hydrogen (secondary N) is 1. The third-order valence-electron chi connectivity index (χ3n) is 2.48. The van der Waals surface area contributed by atoms with Crippen molar-refractivity contribution in [2.75, 3.05) is 0 Å². The number of carboxylic acids is 1. The summed E-state index contributed by atoms with van der Waals surface area (Å²) in [4.78, 5) is 24.7. The van der Waals surface area contributed by atoms with Gasteiger partial charge in [0.1, 0.15) is 0 Å². The molecule has 0 saturated heterocycles. The van der Waals surface area contributed by atoms with Gasteiger partial charge in [-0.15, -0.1) is 4.99 Å². The van der Waals surface area contributed by atoms with Crippen LogP contribution in [-0.4, -0.2) is 22.9 Å². The van der Waals surface area contributed by atoms with Crippen LogP contribution in [0.15, 0.2) is 4.99 Å². The van der Waals surface area contributed by atoms with E-state index >= 15 is 0 Å². The van der Waals surface area contributed by atoms with Gasteiger partial charge in [-0.25, -0.2) is 0 Å². The number of unbranched alkanes of at least 4 members (excludes halogenated alkanes) is 5. The summed E-state index contributed by atoms with van der Waals surface area (Å²) in [7, 11) is 0. The molecular weight excluding hydrogens is 248 g/mol. The molecule has 0 aliphatic rings. The van der Waals surface area contributed by atoms with Crippen molar-refractivity contribution < 1.29 is 14.7 Å². The molecule has 0 aromatic heterocycles. The van der Waals surface area contributed by atoms with E-state index in [-0.39, 0.29) is 18.3 Å². The van der Waals surface area contributed by atoms with E-state index in [0.717, 1.165) is 32.1 Å². The van der Waals surface area contributed by atoms with E-state index in [1.54, 1.807) is 0 Å². The zero-order chi connectivity index (χ0) is 14.5. The molecular formula is C12H20N4O3. The average molecular weight is 268 g/mol. The molecule has 7 heteroatoms. The summed E-state index contributed by atoms with van der Waals surface area (Å²) in [5.74, 6) is -1.18. The number of carboxylic acid groups (broad SMARTS) is 1. The number of aliphatic imine (C=N–C) groups is 1.